The first-order chi connectivity index (χ1) is 13.3. The maximum atomic E-state index is 12.4. The van der Waals surface area contributed by atoms with Gasteiger partial charge in [-0.05, 0) is 57.4 Å². The standard InChI is InChI=1S/C22H32N2O4/c1-22(2,3)28-21(26)23-12-9-18(10-13-23)19-11-14-24(15-19)20(25)27-16-17-7-5-4-6-8-17/h4-8,18-19H,9-16H2,1-3H3/t19-/m0/s1. The van der Waals surface area contributed by atoms with Crippen molar-refractivity contribution < 1.29 is 19.1 Å². The van der Waals surface area contributed by atoms with Crippen molar-refractivity contribution in [2.75, 3.05) is 26.2 Å². The second-order valence-electron chi connectivity index (χ2n) is 8.84. The fourth-order valence-electron chi connectivity index (χ4n) is 4.03. The third-order valence-electron chi connectivity index (χ3n) is 5.55. The molecule has 1 aromatic rings. The minimum Gasteiger partial charge on any atom is -0.445 e. The Morgan fingerprint density at radius 2 is 1.54 bits per heavy atom. The fraction of sp³-hybridized carbons (Fsp3) is 0.636. The van der Waals surface area contributed by atoms with Gasteiger partial charge in [0.2, 0.25) is 0 Å². The maximum Gasteiger partial charge on any atom is 0.410 e. The molecule has 0 N–H and O–H groups in total. The summed E-state index contributed by atoms with van der Waals surface area (Å²) in [6.07, 6.45) is 2.51. The van der Waals surface area contributed by atoms with E-state index in [0.29, 0.717) is 18.4 Å². The largest absolute Gasteiger partial charge is 0.445 e. The molecule has 2 aliphatic heterocycles. The van der Waals surface area contributed by atoms with Crippen LogP contribution < -0.4 is 0 Å². The summed E-state index contributed by atoms with van der Waals surface area (Å²) < 4.78 is 10.9. The molecule has 1 aromatic carbocycles. The van der Waals surface area contributed by atoms with E-state index in [1.165, 1.54) is 0 Å². The number of carbonyl (C=O) groups excluding carboxylic acids is 2. The quantitative estimate of drug-likeness (QED) is 0.775. The molecule has 2 aliphatic rings. The van der Waals surface area contributed by atoms with E-state index < -0.39 is 5.60 Å². The van der Waals surface area contributed by atoms with Gasteiger partial charge in [-0.15, -0.1) is 0 Å². The van der Waals surface area contributed by atoms with Gasteiger partial charge >= 0.3 is 12.2 Å². The van der Waals surface area contributed by atoms with Gasteiger partial charge in [0.1, 0.15) is 12.2 Å². The molecule has 1 atom stereocenters. The molecule has 154 valence electrons. The molecule has 2 saturated heterocycles. The lowest BCUT2D eigenvalue weighted by molar-refractivity contribution is 0.0161. The van der Waals surface area contributed by atoms with Crippen molar-refractivity contribution in [3.05, 3.63) is 35.9 Å². The second-order valence-corrected chi connectivity index (χ2v) is 8.84. The Bertz CT molecular complexity index is 663. The summed E-state index contributed by atoms with van der Waals surface area (Å²) >= 11 is 0. The highest BCUT2D eigenvalue weighted by molar-refractivity contribution is 5.68. The first kappa shape index (κ1) is 20.5. The Balaban J connectivity index is 1.41. The highest BCUT2D eigenvalue weighted by Gasteiger charge is 2.35. The van der Waals surface area contributed by atoms with Crippen LogP contribution in [0.3, 0.4) is 0 Å². The number of hydrogen-bond acceptors (Lipinski definition) is 4. The van der Waals surface area contributed by atoms with E-state index in [0.717, 1.165) is 51.0 Å². The lowest BCUT2D eigenvalue weighted by Crippen LogP contribution is -2.43. The molecule has 0 unspecified atom stereocenters. The summed E-state index contributed by atoms with van der Waals surface area (Å²) in [4.78, 5) is 28.2. The smallest absolute Gasteiger partial charge is 0.410 e. The molecule has 6 heteroatoms. The van der Waals surface area contributed by atoms with Gasteiger partial charge in [0, 0.05) is 26.2 Å². The SMILES string of the molecule is CC(C)(C)OC(=O)N1CCC([C@H]2CCN(C(=O)OCc3ccccc3)C2)CC1. The summed E-state index contributed by atoms with van der Waals surface area (Å²) in [5.74, 6) is 1.04. The van der Waals surface area contributed by atoms with Gasteiger partial charge in [-0.2, -0.15) is 0 Å². The average molecular weight is 389 g/mol. The van der Waals surface area contributed by atoms with Crippen molar-refractivity contribution in [1.29, 1.82) is 0 Å². The Labute approximate surface area is 167 Å². The normalized spacial score (nSPS) is 20.9. The summed E-state index contributed by atoms with van der Waals surface area (Å²) in [6, 6.07) is 9.75. The molecule has 2 fully saturated rings. The zero-order chi connectivity index (χ0) is 20.1. The first-order valence-corrected chi connectivity index (χ1v) is 10.3. The number of nitrogens with zero attached hydrogens (tertiary/aromatic N) is 2. The highest BCUT2D eigenvalue weighted by atomic mass is 16.6. The van der Waals surface area contributed by atoms with Crippen molar-refractivity contribution in [3.8, 4) is 0 Å². The average Bonchev–Trinajstić information content (AvgIpc) is 3.16. The van der Waals surface area contributed by atoms with E-state index in [1.54, 1.807) is 0 Å². The van der Waals surface area contributed by atoms with Gasteiger partial charge < -0.3 is 19.3 Å². The molecular formula is C22H32N2O4. The van der Waals surface area contributed by atoms with Crippen LogP contribution in [-0.4, -0.2) is 53.8 Å². The minimum absolute atomic E-state index is 0.219. The third-order valence-corrected chi connectivity index (χ3v) is 5.55. The van der Waals surface area contributed by atoms with E-state index in [-0.39, 0.29) is 12.2 Å². The zero-order valence-electron chi connectivity index (χ0n) is 17.2. The van der Waals surface area contributed by atoms with E-state index in [4.69, 9.17) is 9.47 Å². The van der Waals surface area contributed by atoms with Crippen LogP contribution in [0, 0.1) is 11.8 Å². The van der Waals surface area contributed by atoms with Crippen molar-refractivity contribution in [2.24, 2.45) is 11.8 Å². The van der Waals surface area contributed by atoms with Crippen LogP contribution in [0.5, 0.6) is 0 Å². The van der Waals surface area contributed by atoms with Crippen LogP contribution in [0.1, 0.15) is 45.6 Å². The van der Waals surface area contributed by atoms with Crippen molar-refractivity contribution in [2.45, 2.75) is 52.2 Å². The van der Waals surface area contributed by atoms with Gasteiger partial charge in [0.25, 0.3) is 0 Å². The molecule has 28 heavy (non-hydrogen) atoms. The van der Waals surface area contributed by atoms with Crippen molar-refractivity contribution in [1.82, 2.24) is 9.80 Å². The molecular weight excluding hydrogens is 356 g/mol. The van der Waals surface area contributed by atoms with Crippen LogP contribution in [-0.2, 0) is 16.1 Å². The van der Waals surface area contributed by atoms with E-state index >= 15 is 0 Å². The van der Waals surface area contributed by atoms with Crippen LogP contribution in [0.25, 0.3) is 0 Å². The molecule has 6 nitrogen and oxygen atoms in total. The van der Waals surface area contributed by atoms with Gasteiger partial charge in [0.05, 0.1) is 0 Å². The summed E-state index contributed by atoms with van der Waals surface area (Å²) in [5.41, 5.74) is 0.543. The van der Waals surface area contributed by atoms with Crippen LogP contribution >= 0.6 is 0 Å². The van der Waals surface area contributed by atoms with E-state index in [9.17, 15) is 9.59 Å². The molecule has 0 spiro atoms. The molecule has 0 aromatic heterocycles. The Hall–Kier alpha value is -2.24. The Morgan fingerprint density at radius 1 is 0.929 bits per heavy atom. The zero-order valence-corrected chi connectivity index (χ0v) is 17.2. The number of benzene rings is 1. The molecule has 0 radical (unpaired) electrons. The number of ether oxygens (including phenoxy) is 2. The summed E-state index contributed by atoms with van der Waals surface area (Å²) in [6.45, 7) is 8.96. The van der Waals surface area contributed by atoms with Crippen LogP contribution in [0.2, 0.25) is 0 Å². The van der Waals surface area contributed by atoms with Gasteiger partial charge in [-0.1, -0.05) is 30.3 Å². The molecule has 3 rings (SSSR count). The Morgan fingerprint density at radius 3 is 2.18 bits per heavy atom. The van der Waals surface area contributed by atoms with Gasteiger partial charge in [-0.3, -0.25) is 0 Å². The lowest BCUT2D eigenvalue weighted by Gasteiger charge is -2.35. The fourth-order valence-corrected chi connectivity index (χ4v) is 4.03. The summed E-state index contributed by atoms with van der Waals surface area (Å²) in [5, 5.41) is 0. The van der Waals surface area contributed by atoms with Gasteiger partial charge in [-0.25, -0.2) is 9.59 Å². The first-order valence-electron chi connectivity index (χ1n) is 10.3. The van der Waals surface area contributed by atoms with Gasteiger partial charge in [0.15, 0.2) is 0 Å². The molecule has 2 heterocycles. The Kier molecular flexibility index (Phi) is 6.47. The van der Waals surface area contributed by atoms with Crippen LogP contribution in [0.15, 0.2) is 30.3 Å². The number of rotatable bonds is 3. The predicted molar refractivity (Wildman–Crippen MR) is 107 cm³/mol. The van der Waals surface area contributed by atoms with E-state index in [1.807, 2.05) is 60.9 Å². The number of amides is 2. The lowest BCUT2D eigenvalue weighted by atomic mass is 9.84. The monoisotopic (exact) mass is 388 g/mol. The number of piperidine rings is 1. The second kappa shape index (κ2) is 8.84. The van der Waals surface area contributed by atoms with Crippen molar-refractivity contribution >= 4 is 12.2 Å². The van der Waals surface area contributed by atoms with Crippen LogP contribution in [0.4, 0.5) is 9.59 Å². The highest BCUT2D eigenvalue weighted by Crippen LogP contribution is 2.32. The maximum absolute atomic E-state index is 12.4. The van der Waals surface area contributed by atoms with E-state index in [2.05, 4.69) is 0 Å². The molecule has 0 bridgehead atoms. The number of carbonyl (C=O) groups is 2. The van der Waals surface area contributed by atoms with Crippen molar-refractivity contribution in [3.63, 3.8) is 0 Å². The predicted octanol–water partition coefficient (Wildman–Crippen LogP) is 4.29. The molecule has 2 amide bonds. The number of hydrogen-bond donors (Lipinski definition) is 0. The summed E-state index contributed by atoms with van der Waals surface area (Å²) in [7, 11) is 0. The minimum atomic E-state index is -0.458. The third kappa shape index (κ3) is 5.63. The number of likely N-dealkylation sites (tertiary alicyclic amines) is 2. The topological polar surface area (TPSA) is 59.1 Å². The molecule has 0 aliphatic carbocycles. The molecule has 0 saturated carbocycles.